The summed E-state index contributed by atoms with van der Waals surface area (Å²) in [6.07, 6.45) is 0. The Labute approximate surface area is 190 Å². The number of amides is 1. The fourth-order valence-electron chi connectivity index (χ4n) is 3.46. The van der Waals surface area contributed by atoms with Gasteiger partial charge in [0.2, 0.25) is 5.91 Å². The Balaban J connectivity index is 1.67. The number of likely N-dealkylation sites (N-methyl/N-ethyl adjacent to an activating group) is 1. The van der Waals surface area contributed by atoms with Crippen LogP contribution in [0.1, 0.15) is 5.56 Å². The second-order valence-electron chi connectivity index (χ2n) is 7.81. The molecule has 0 atom stereocenters. The van der Waals surface area contributed by atoms with Gasteiger partial charge in [-0.25, -0.2) is 4.99 Å². The number of carbonyl (C=O) groups excluding carboxylic acids is 1. The highest BCUT2D eigenvalue weighted by molar-refractivity contribution is 5.86. The molecule has 2 aromatic rings. The lowest BCUT2D eigenvalue weighted by molar-refractivity contribution is -0.127. The number of anilines is 1. The van der Waals surface area contributed by atoms with Gasteiger partial charge in [0.15, 0.2) is 5.96 Å². The molecule has 32 heavy (non-hydrogen) atoms. The number of nitrogens with zero attached hydrogens (tertiary/aromatic N) is 4. The molecule has 0 bridgehead atoms. The second-order valence-corrected chi connectivity index (χ2v) is 7.81. The molecule has 1 heterocycles. The predicted molar refractivity (Wildman–Crippen MR) is 128 cm³/mol. The molecule has 8 heteroatoms. The number of hydrogen-bond donors (Lipinski definition) is 1. The lowest BCUT2D eigenvalue weighted by Gasteiger charge is -2.38. The number of piperazine rings is 1. The van der Waals surface area contributed by atoms with Gasteiger partial charge in [-0.2, -0.15) is 0 Å². The van der Waals surface area contributed by atoms with E-state index < -0.39 is 0 Å². The molecule has 0 aliphatic carbocycles. The number of carbonyl (C=O) groups is 1. The minimum absolute atomic E-state index is 0.0113. The fourth-order valence-corrected chi connectivity index (χ4v) is 3.46. The maximum Gasteiger partial charge on any atom is 0.241 e. The van der Waals surface area contributed by atoms with E-state index >= 15 is 0 Å². The topological polar surface area (TPSA) is 69.6 Å². The summed E-state index contributed by atoms with van der Waals surface area (Å²) in [6.45, 7) is 4.07. The lowest BCUT2D eigenvalue weighted by Crippen LogP contribution is -2.53. The zero-order valence-corrected chi connectivity index (χ0v) is 19.4. The molecule has 1 aliphatic heterocycles. The molecule has 1 aliphatic rings. The molecule has 0 aromatic heterocycles. The van der Waals surface area contributed by atoms with E-state index in [-0.39, 0.29) is 12.5 Å². The van der Waals surface area contributed by atoms with Crippen molar-refractivity contribution in [3.8, 4) is 11.5 Å². The van der Waals surface area contributed by atoms with Crippen LogP contribution < -0.4 is 19.7 Å². The van der Waals surface area contributed by atoms with E-state index in [0.29, 0.717) is 6.54 Å². The molecular formula is C24H33N5O3. The molecule has 1 N–H and O–H groups in total. The van der Waals surface area contributed by atoms with Crippen molar-refractivity contribution in [2.45, 2.75) is 6.54 Å². The average Bonchev–Trinajstić information content (AvgIpc) is 2.84. The number of hydrogen-bond acceptors (Lipinski definition) is 5. The Morgan fingerprint density at radius 3 is 2.31 bits per heavy atom. The van der Waals surface area contributed by atoms with Crippen LogP contribution in [-0.2, 0) is 11.3 Å². The van der Waals surface area contributed by atoms with E-state index in [9.17, 15) is 4.79 Å². The maximum atomic E-state index is 12.1. The van der Waals surface area contributed by atoms with Gasteiger partial charge in [-0.3, -0.25) is 4.79 Å². The number of benzene rings is 2. The SMILES string of the molecule is COc1ccc(CN=C(NCC(=O)N(C)C)N2CCN(c3cccc(OC)c3)CC2)cc1. The minimum Gasteiger partial charge on any atom is -0.497 e. The molecule has 2 aromatic carbocycles. The Morgan fingerprint density at radius 1 is 1.00 bits per heavy atom. The first kappa shape index (κ1) is 23.2. The van der Waals surface area contributed by atoms with Gasteiger partial charge >= 0.3 is 0 Å². The third kappa shape index (κ3) is 6.29. The number of ether oxygens (including phenoxy) is 2. The van der Waals surface area contributed by atoms with Gasteiger partial charge in [-0.15, -0.1) is 0 Å². The number of nitrogens with one attached hydrogen (secondary N) is 1. The Kier molecular flexibility index (Phi) is 8.19. The van der Waals surface area contributed by atoms with Gasteiger partial charge in [0.1, 0.15) is 11.5 Å². The van der Waals surface area contributed by atoms with Crippen LogP contribution in [0.15, 0.2) is 53.5 Å². The third-order valence-electron chi connectivity index (χ3n) is 5.46. The highest BCUT2D eigenvalue weighted by atomic mass is 16.5. The van der Waals surface area contributed by atoms with Crippen molar-refractivity contribution in [1.29, 1.82) is 0 Å². The van der Waals surface area contributed by atoms with Crippen molar-refractivity contribution in [1.82, 2.24) is 15.1 Å². The van der Waals surface area contributed by atoms with Crippen molar-refractivity contribution in [2.24, 2.45) is 4.99 Å². The molecule has 1 saturated heterocycles. The van der Waals surface area contributed by atoms with E-state index in [1.165, 1.54) is 0 Å². The first-order valence-corrected chi connectivity index (χ1v) is 10.8. The highest BCUT2D eigenvalue weighted by Gasteiger charge is 2.21. The third-order valence-corrected chi connectivity index (χ3v) is 5.46. The summed E-state index contributed by atoms with van der Waals surface area (Å²) in [7, 11) is 6.85. The molecular weight excluding hydrogens is 406 g/mol. The van der Waals surface area contributed by atoms with Crippen molar-refractivity contribution in [3.63, 3.8) is 0 Å². The fraction of sp³-hybridized carbons (Fsp3) is 0.417. The Morgan fingerprint density at radius 2 is 1.69 bits per heavy atom. The van der Waals surface area contributed by atoms with Crippen molar-refractivity contribution in [2.75, 3.05) is 65.9 Å². The maximum absolute atomic E-state index is 12.1. The highest BCUT2D eigenvalue weighted by Crippen LogP contribution is 2.22. The van der Waals surface area contributed by atoms with Crippen LogP contribution in [0.2, 0.25) is 0 Å². The zero-order valence-electron chi connectivity index (χ0n) is 19.4. The number of methoxy groups -OCH3 is 2. The molecule has 0 spiro atoms. The number of rotatable bonds is 7. The van der Waals surface area contributed by atoms with Crippen molar-refractivity contribution in [3.05, 3.63) is 54.1 Å². The van der Waals surface area contributed by atoms with Crippen LogP contribution in [0.4, 0.5) is 5.69 Å². The van der Waals surface area contributed by atoms with Crippen LogP contribution in [0.3, 0.4) is 0 Å². The van der Waals surface area contributed by atoms with E-state index in [1.807, 2.05) is 36.4 Å². The number of aliphatic imine (C=N–C) groups is 1. The van der Waals surface area contributed by atoms with Gasteiger partial charge in [-0.05, 0) is 29.8 Å². The van der Waals surface area contributed by atoms with Crippen LogP contribution in [0.5, 0.6) is 11.5 Å². The quantitative estimate of drug-likeness (QED) is 0.526. The molecule has 0 radical (unpaired) electrons. The number of guanidine groups is 1. The summed E-state index contributed by atoms with van der Waals surface area (Å²) < 4.78 is 10.6. The minimum atomic E-state index is 0.0113. The summed E-state index contributed by atoms with van der Waals surface area (Å²) in [5, 5.41) is 3.26. The first-order valence-electron chi connectivity index (χ1n) is 10.8. The average molecular weight is 440 g/mol. The summed E-state index contributed by atoms with van der Waals surface area (Å²) in [4.78, 5) is 23.1. The van der Waals surface area contributed by atoms with Crippen molar-refractivity contribution >= 4 is 17.6 Å². The molecule has 1 fully saturated rings. The molecule has 3 rings (SSSR count). The van der Waals surface area contributed by atoms with Gasteiger partial charge in [-0.1, -0.05) is 18.2 Å². The van der Waals surface area contributed by atoms with E-state index in [0.717, 1.165) is 54.9 Å². The van der Waals surface area contributed by atoms with E-state index in [4.69, 9.17) is 14.5 Å². The lowest BCUT2D eigenvalue weighted by atomic mass is 10.2. The van der Waals surface area contributed by atoms with E-state index in [2.05, 4.69) is 27.2 Å². The molecule has 172 valence electrons. The molecule has 1 amide bonds. The largest absolute Gasteiger partial charge is 0.497 e. The van der Waals surface area contributed by atoms with Crippen LogP contribution in [-0.4, -0.2) is 82.7 Å². The van der Waals surface area contributed by atoms with Gasteiger partial charge in [0.05, 0.1) is 27.3 Å². The normalized spacial score (nSPS) is 14.2. The predicted octanol–water partition coefficient (Wildman–Crippen LogP) is 2.06. The Bertz CT molecular complexity index is 906. The smallest absolute Gasteiger partial charge is 0.241 e. The first-order chi connectivity index (χ1) is 15.5. The van der Waals surface area contributed by atoms with Gasteiger partial charge in [0.25, 0.3) is 0 Å². The molecule has 8 nitrogen and oxygen atoms in total. The summed E-state index contributed by atoms with van der Waals surface area (Å²) in [6, 6.07) is 16.0. The van der Waals surface area contributed by atoms with Crippen LogP contribution in [0.25, 0.3) is 0 Å². The van der Waals surface area contributed by atoms with Gasteiger partial charge < -0.3 is 29.5 Å². The summed E-state index contributed by atoms with van der Waals surface area (Å²) in [5.74, 6) is 2.44. The monoisotopic (exact) mass is 439 g/mol. The standard InChI is InChI=1S/C24H33N5O3/c1-27(2)23(30)18-26-24(25-17-19-8-10-21(31-3)11-9-19)29-14-12-28(13-15-29)20-6-5-7-22(16-20)32-4/h5-11,16H,12-15,17-18H2,1-4H3,(H,25,26). The Hall–Kier alpha value is -3.42. The zero-order chi connectivity index (χ0) is 22.9. The van der Waals surface area contributed by atoms with Crippen LogP contribution in [0, 0.1) is 0 Å². The summed E-state index contributed by atoms with van der Waals surface area (Å²) in [5.41, 5.74) is 2.23. The summed E-state index contributed by atoms with van der Waals surface area (Å²) >= 11 is 0. The van der Waals surface area contributed by atoms with Crippen molar-refractivity contribution < 1.29 is 14.3 Å². The van der Waals surface area contributed by atoms with Gasteiger partial charge in [0, 0.05) is 52.0 Å². The van der Waals surface area contributed by atoms with Crippen LogP contribution >= 0.6 is 0 Å². The van der Waals surface area contributed by atoms with E-state index in [1.54, 1.807) is 33.2 Å². The molecule has 0 saturated carbocycles. The second kappa shape index (κ2) is 11.3. The molecule has 0 unspecified atom stereocenters.